The summed E-state index contributed by atoms with van der Waals surface area (Å²) in [6, 6.07) is 14.9. The van der Waals surface area contributed by atoms with E-state index >= 15 is 0 Å². The SMILES string of the molecule is CCc1ccc(OCC(=O)N(Cc2ccc(OC)cc2)[C@@H](C)C(=O)NC2CCCCC2)cc1. The molecule has 0 bridgehead atoms. The number of ether oxygens (including phenoxy) is 2. The highest BCUT2D eigenvalue weighted by Gasteiger charge is 2.28. The lowest BCUT2D eigenvalue weighted by atomic mass is 9.95. The number of amides is 2. The predicted molar refractivity (Wildman–Crippen MR) is 129 cm³/mol. The minimum absolute atomic E-state index is 0.115. The van der Waals surface area contributed by atoms with E-state index in [0.717, 1.165) is 43.4 Å². The van der Waals surface area contributed by atoms with E-state index in [0.29, 0.717) is 12.3 Å². The lowest BCUT2D eigenvalue weighted by Crippen LogP contribution is -2.51. The smallest absolute Gasteiger partial charge is 0.261 e. The maximum atomic E-state index is 13.2. The maximum Gasteiger partial charge on any atom is 0.261 e. The first-order valence-corrected chi connectivity index (χ1v) is 11.9. The molecule has 0 heterocycles. The van der Waals surface area contributed by atoms with Crippen molar-refractivity contribution in [3.05, 3.63) is 59.7 Å². The van der Waals surface area contributed by atoms with Crippen LogP contribution in [-0.2, 0) is 22.6 Å². The van der Waals surface area contributed by atoms with Crippen molar-refractivity contribution in [3.8, 4) is 11.5 Å². The molecule has 0 spiro atoms. The number of hydrogen-bond acceptors (Lipinski definition) is 4. The molecule has 1 aliphatic carbocycles. The van der Waals surface area contributed by atoms with Crippen molar-refractivity contribution in [2.45, 2.75) is 71.0 Å². The molecular weight excluding hydrogens is 416 g/mol. The second-order valence-electron chi connectivity index (χ2n) is 8.68. The zero-order valence-corrected chi connectivity index (χ0v) is 20.0. The van der Waals surface area contributed by atoms with E-state index in [2.05, 4.69) is 12.2 Å². The molecule has 0 saturated heterocycles. The zero-order chi connectivity index (χ0) is 23.6. The summed E-state index contributed by atoms with van der Waals surface area (Å²) in [7, 11) is 1.62. The average Bonchev–Trinajstić information content (AvgIpc) is 2.86. The van der Waals surface area contributed by atoms with E-state index in [9.17, 15) is 9.59 Å². The minimum Gasteiger partial charge on any atom is -0.497 e. The van der Waals surface area contributed by atoms with Crippen LogP contribution >= 0.6 is 0 Å². The van der Waals surface area contributed by atoms with Gasteiger partial charge in [-0.25, -0.2) is 0 Å². The Morgan fingerprint density at radius 2 is 1.58 bits per heavy atom. The van der Waals surface area contributed by atoms with Gasteiger partial charge in [-0.3, -0.25) is 9.59 Å². The van der Waals surface area contributed by atoms with Crippen LogP contribution in [-0.4, -0.2) is 42.5 Å². The van der Waals surface area contributed by atoms with Crippen LogP contribution in [0.1, 0.15) is 57.1 Å². The number of benzene rings is 2. The van der Waals surface area contributed by atoms with E-state index < -0.39 is 6.04 Å². The zero-order valence-electron chi connectivity index (χ0n) is 20.0. The highest BCUT2D eigenvalue weighted by molar-refractivity contribution is 5.88. The molecule has 2 aromatic rings. The average molecular weight is 453 g/mol. The van der Waals surface area contributed by atoms with Gasteiger partial charge in [-0.2, -0.15) is 0 Å². The van der Waals surface area contributed by atoms with Crippen molar-refractivity contribution in [2.75, 3.05) is 13.7 Å². The largest absolute Gasteiger partial charge is 0.497 e. The number of nitrogens with zero attached hydrogens (tertiary/aromatic N) is 1. The van der Waals surface area contributed by atoms with Crippen LogP contribution < -0.4 is 14.8 Å². The van der Waals surface area contributed by atoms with Crippen molar-refractivity contribution in [2.24, 2.45) is 0 Å². The van der Waals surface area contributed by atoms with E-state index in [4.69, 9.17) is 9.47 Å². The third-order valence-corrected chi connectivity index (χ3v) is 6.32. The summed E-state index contributed by atoms with van der Waals surface area (Å²) in [4.78, 5) is 27.8. The van der Waals surface area contributed by atoms with E-state index in [1.807, 2.05) is 48.5 Å². The normalized spacial score (nSPS) is 14.9. The molecule has 1 saturated carbocycles. The third-order valence-electron chi connectivity index (χ3n) is 6.32. The summed E-state index contributed by atoms with van der Waals surface area (Å²) in [6.07, 6.45) is 6.45. The molecule has 1 fully saturated rings. The van der Waals surface area contributed by atoms with Gasteiger partial charge in [0.1, 0.15) is 17.5 Å². The van der Waals surface area contributed by atoms with Gasteiger partial charge in [-0.1, -0.05) is 50.5 Å². The van der Waals surface area contributed by atoms with Gasteiger partial charge in [0.2, 0.25) is 5.91 Å². The van der Waals surface area contributed by atoms with Gasteiger partial charge >= 0.3 is 0 Å². The van der Waals surface area contributed by atoms with Gasteiger partial charge in [0, 0.05) is 12.6 Å². The Bertz CT molecular complexity index is 889. The Morgan fingerprint density at radius 1 is 0.970 bits per heavy atom. The second-order valence-corrected chi connectivity index (χ2v) is 8.68. The van der Waals surface area contributed by atoms with Crippen molar-refractivity contribution in [3.63, 3.8) is 0 Å². The van der Waals surface area contributed by atoms with Gasteiger partial charge in [-0.15, -0.1) is 0 Å². The minimum atomic E-state index is -0.604. The van der Waals surface area contributed by atoms with Gasteiger partial charge in [0.15, 0.2) is 6.61 Å². The monoisotopic (exact) mass is 452 g/mol. The number of aryl methyl sites for hydroxylation is 1. The van der Waals surface area contributed by atoms with Crippen molar-refractivity contribution < 1.29 is 19.1 Å². The molecule has 178 valence electrons. The number of methoxy groups -OCH3 is 1. The molecule has 1 atom stereocenters. The number of carbonyl (C=O) groups is 2. The van der Waals surface area contributed by atoms with E-state index in [-0.39, 0.29) is 24.5 Å². The summed E-state index contributed by atoms with van der Waals surface area (Å²) < 4.78 is 11.0. The molecule has 0 radical (unpaired) electrons. The molecule has 33 heavy (non-hydrogen) atoms. The van der Waals surface area contributed by atoms with Gasteiger partial charge in [-0.05, 0) is 61.6 Å². The number of hydrogen-bond donors (Lipinski definition) is 1. The molecule has 0 aliphatic heterocycles. The number of rotatable bonds is 10. The highest BCUT2D eigenvalue weighted by atomic mass is 16.5. The molecule has 0 unspecified atom stereocenters. The molecule has 3 rings (SSSR count). The quantitative estimate of drug-likeness (QED) is 0.576. The first kappa shape index (κ1) is 24.6. The van der Waals surface area contributed by atoms with Gasteiger partial charge in [0.25, 0.3) is 5.91 Å². The summed E-state index contributed by atoms with van der Waals surface area (Å²) >= 11 is 0. The summed E-state index contributed by atoms with van der Waals surface area (Å²) in [6.45, 7) is 4.08. The number of nitrogens with one attached hydrogen (secondary N) is 1. The van der Waals surface area contributed by atoms with Crippen LogP contribution in [0.25, 0.3) is 0 Å². The highest BCUT2D eigenvalue weighted by Crippen LogP contribution is 2.19. The molecule has 6 heteroatoms. The van der Waals surface area contributed by atoms with Crippen LogP contribution in [0.4, 0.5) is 0 Å². The lowest BCUT2D eigenvalue weighted by Gasteiger charge is -2.31. The number of carbonyl (C=O) groups excluding carboxylic acids is 2. The predicted octanol–water partition coefficient (Wildman–Crippen LogP) is 4.50. The summed E-state index contributed by atoms with van der Waals surface area (Å²) in [5, 5.41) is 3.15. The molecule has 0 aromatic heterocycles. The van der Waals surface area contributed by atoms with Crippen LogP contribution in [0.5, 0.6) is 11.5 Å². The van der Waals surface area contributed by atoms with Crippen LogP contribution in [0, 0.1) is 0 Å². The first-order chi connectivity index (χ1) is 16.0. The molecule has 6 nitrogen and oxygen atoms in total. The van der Waals surface area contributed by atoms with Gasteiger partial charge < -0.3 is 19.7 Å². The molecule has 1 aliphatic rings. The van der Waals surface area contributed by atoms with Crippen molar-refractivity contribution >= 4 is 11.8 Å². The van der Waals surface area contributed by atoms with Gasteiger partial charge in [0.05, 0.1) is 7.11 Å². The van der Waals surface area contributed by atoms with Crippen LogP contribution in [0.3, 0.4) is 0 Å². The molecule has 2 amide bonds. The Balaban J connectivity index is 1.69. The molecular formula is C27H36N2O4. The summed E-state index contributed by atoms with van der Waals surface area (Å²) in [5.74, 6) is 1.05. The third kappa shape index (κ3) is 7.24. The van der Waals surface area contributed by atoms with Crippen molar-refractivity contribution in [1.82, 2.24) is 10.2 Å². The topological polar surface area (TPSA) is 67.9 Å². The Morgan fingerprint density at radius 3 is 2.18 bits per heavy atom. The van der Waals surface area contributed by atoms with E-state index in [1.54, 1.807) is 18.9 Å². The lowest BCUT2D eigenvalue weighted by molar-refractivity contribution is -0.142. The Labute approximate surface area is 197 Å². The fourth-order valence-corrected chi connectivity index (χ4v) is 4.13. The molecule has 2 aromatic carbocycles. The molecule has 1 N–H and O–H groups in total. The van der Waals surface area contributed by atoms with Crippen LogP contribution in [0.15, 0.2) is 48.5 Å². The standard InChI is InChI=1S/C27H36N2O4/c1-4-21-10-16-25(17-11-21)33-19-26(30)29(18-22-12-14-24(32-3)15-13-22)20(2)27(31)28-23-8-6-5-7-9-23/h10-17,20,23H,4-9,18-19H2,1-3H3,(H,28,31)/t20-/m0/s1. The van der Waals surface area contributed by atoms with Crippen LogP contribution in [0.2, 0.25) is 0 Å². The Hall–Kier alpha value is -3.02. The fourth-order valence-electron chi connectivity index (χ4n) is 4.13. The van der Waals surface area contributed by atoms with E-state index in [1.165, 1.54) is 12.0 Å². The Kier molecular flexibility index (Phi) is 9.16. The van der Waals surface area contributed by atoms with Crippen molar-refractivity contribution in [1.29, 1.82) is 0 Å². The fraction of sp³-hybridized carbons (Fsp3) is 0.481. The maximum absolute atomic E-state index is 13.2. The summed E-state index contributed by atoms with van der Waals surface area (Å²) in [5.41, 5.74) is 2.14. The second kappa shape index (κ2) is 12.3. The first-order valence-electron chi connectivity index (χ1n) is 11.9.